The highest BCUT2D eigenvalue weighted by molar-refractivity contribution is 5.94. The van der Waals surface area contributed by atoms with E-state index in [1.54, 1.807) is 0 Å². The maximum absolute atomic E-state index is 11.2. The Labute approximate surface area is 89.7 Å². The summed E-state index contributed by atoms with van der Waals surface area (Å²) < 4.78 is 0. The Kier molecular flexibility index (Phi) is 2.73. The van der Waals surface area contributed by atoms with Crippen LogP contribution in [0.4, 0.5) is 5.69 Å². The number of nitrogens with one attached hydrogen (secondary N) is 1. The van der Waals surface area contributed by atoms with Gasteiger partial charge in [-0.25, -0.2) is 0 Å². The van der Waals surface area contributed by atoms with Gasteiger partial charge in [-0.1, -0.05) is 12.1 Å². The first kappa shape index (κ1) is 10.2. The Morgan fingerprint density at radius 2 is 2.27 bits per heavy atom. The normalized spacial score (nSPS) is 16.8. The Morgan fingerprint density at radius 3 is 3.00 bits per heavy atom. The van der Waals surface area contributed by atoms with Gasteiger partial charge >= 0.3 is 0 Å². The fourth-order valence-corrected chi connectivity index (χ4v) is 2.04. The Balaban J connectivity index is 2.33. The molecule has 0 spiro atoms. The molecular formula is C12H16N2O. The van der Waals surface area contributed by atoms with Crippen molar-refractivity contribution in [2.45, 2.75) is 32.2 Å². The summed E-state index contributed by atoms with van der Waals surface area (Å²) >= 11 is 0. The molecule has 2 rings (SSSR count). The average molecular weight is 204 g/mol. The standard InChI is InChI=1S/C12H16N2O/c1-8(13)7-9-3-2-4-11-10(9)5-6-12(15)14-11/h2-4,8H,5-7,13H2,1H3,(H,14,15). The van der Waals surface area contributed by atoms with Gasteiger partial charge in [0, 0.05) is 18.2 Å². The van der Waals surface area contributed by atoms with Gasteiger partial charge < -0.3 is 11.1 Å². The Hall–Kier alpha value is -1.35. The number of carbonyl (C=O) groups excluding carboxylic acids is 1. The summed E-state index contributed by atoms with van der Waals surface area (Å²) in [6, 6.07) is 6.19. The van der Waals surface area contributed by atoms with Crippen molar-refractivity contribution in [1.82, 2.24) is 0 Å². The van der Waals surface area contributed by atoms with E-state index in [-0.39, 0.29) is 11.9 Å². The maximum atomic E-state index is 11.2. The second kappa shape index (κ2) is 4.03. The zero-order valence-electron chi connectivity index (χ0n) is 8.92. The number of nitrogens with two attached hydrogens (primary N) is 1. The fourth-order valence-electron chi connectivity index (χ4n) is 2.04. The van der Waals surface area contributed by atoms with E-state index in [0.29, 0.717) is 6.42 Å². The molecule has 0 saturated heterocycles. The molecule has 1 aliphatic rings. The van der Waals surface area contributed by atoms with Crippen molar-refractivity contribution in [3.63, 3.8) is 0 Å². The first-order chi connectivity index (χ1) is 7.16. The maximum Gasteiger partial charge on any atom is 0.224 e. The zero-order valence-corrected chi connectivity index (χ0v) is 8.92. The molecular weight excluding hydrogens is 188 g/mol. The van der Waals surface area contributed by atoms with Crippen molar-refractivity contribution in [1.29, 1.82) is 0 Å². The predicted octanol–water partition coefficient (Wildman–Crippen LogP) is 1.46. The summed E-state index contributed by atoms with van der Waals surface area (Å²) in [5.74, 6) is 0.112. The molecule has 1 aliphatic heterocycles. The minimum Gasteiger partial charge on any atom is -0.328 e. The molecule has 80 valence electrons. The van der Waals surface area contributed by atoms with Crippen LogP contribution in [0.25, 0.3) is 0 Å². The van der Waals surface area contributed by atoms with E-state index in [1.807, 2.05) is 19.1 Å². The number of fused-ring (bicyclic) bond motifs is 1. The number of amides is 1. The third kappa shape index (κ3) is 2.18. The Bertz CT molecular complexity index is 385. The van der Waals surface area contributed by atoms with Gasteiger partial charge in [-0.15, -0.1) is 0 Å². The highest BCUT2D eigenvalue weighted by atomic mass is 16.1. The molecule has 0 saturated carbocycles. The summed E-state index contributed by atoms with van der Waals surface area (Å²) in [5, 5.41) is 2.89. The van der Waals surface area contributed by atoms with Crippen molar-refractivity contribution in [3.8, 4) is 0 Å². The second-order valence-corrected chi connectivity index (χ2v) is 4.17. The SMILES string of the molecule is CC(N)Cc1cccc2c1CCC(=O)N2. The molecule has 0 aliphatic carbocycles. The first-order valence-corrected chi connectivity index (χ1v) is 5.33. The summed E-state index contributed by atoms with van der Waals surface area (Å²) in [7, 11) is 0. The molecule has 0 fully saturated rings. The zero-order chi connectivity index (χ0) is 10.8. The minimum atomic E-state index is 0.112. The van der Waals surface area contributed by atoms with Crippen LogP contribution in [0.2, 0.25) is 0 Å². The number of carbonyl (C=O) groups is 1. The van der Waals surface area contributed by atoms with Crippen LogP contribution >= 0.6 is 0 Å². The van der Waals surface area contributed by atoms with E-state index in [0.717, 1.165) is 18.5 Å². The van der Waals surface area contributed by atoms with E-state index in [1.165, 1.54) is 11.1 Å². The molecule has 3 nitrogen and oxygen atoms in total. The van der Waals surface area contributed by atoms with Crippen LogP contribution in [0.15, 0.2) is 18.2 Å². The molecule has 3 N–H and O–H groups in total. The molecule has 1 atom stereocenters. The first-order valence-electron chi connectivity index (χ1n) is 5.33. The minimum absolute atomic E-state index is 0.112. The van der Waals surface area contributed by atoms with Crippen molar-refractivity contribution in [3.05, 3.63) is 29.3 Å². The van der Waals surface area contributed by atoms with Crippen molar-refractivity contribution >= 4 is 11.6 Å². The van der Waals surface area contributed by atoms with Gasteiger partial charge in [-0.05, 0) is 37.0 Å². The summed E-state index contributed by atoms with van der Waals surface area (Å²) in [4.78, 5) is 11.2. The topological polar surface area (TPSA) is 55.1 Å². The quantitative estimate of drug-likeness (QED) is 0.766. The number of hydrogen-bond acceptors (Lipinski definition) is 2. The van der Waals surface area contributed by atoms with E-state index in [4.69, 9.17) is 5.73 Å². The van der Waals surface area contributed by atoms with Crippen LogP contribution < -0.4 is 11.1 Å². The second-order valence-electron chi connectivity index (χ2n) is 4.17. The summed E-state index contributed by atoms with van der Waals surface area (Å²) in [6.45, 7) is 2.00. The number of benzene rings is 1. The van der Waals surface area contributed by atoms with Crippen molar-refractivity contribution in [2.24, 2.45) is 5.73 Å². The largest absolute Gasteiger partial charge is 0.328 e. The molecule has 15 heavy (non-hydrogen) atoms. The highest BCUT2D eigenvalue weighted by Gasteiger charge is 2.17. The Morgan fingerprint density at radius 1 is 1.47 bits per heavy atom. The number of rotatable bonds is 2. The van der Waals surface area contributed by atoms with E-state index < -0.39 is 0 Å². The van der Waals surface area contributed by atoms with Gasteiger partial charge in [0.2, 0.25) is 5.91 Å². The van der Waals surface area contributed by atoms with E-state index >= 15 is 0 Å². The van der Waals surface area contributed by atoms with Gasteiger partial charge in [0.25, 0.3) is 0 Å². The third-order valence-corrected chi connectivity index (χ3v) is 2.69. The smallest absolute Gasteiger partial charge is 0.224 e. The molecule has 3 heteroatoms. The van der Waals surface area contributed by atoms with Crippen LogP contribution in [0, 0.1) is 0 Å². The van der Waals surface area contributed by atoms with Gasteiger partial charge in [0.15, 0.2) is 0 Å². The third-order valence-electron chi connectivity index (χ3n) is 2.69. The van der Waals surface area contributed by atoms with Crippen LogP contribution in [0.5, 0.6) is 0 Å². The number of hydrogen-bond donors (Lipinski definition) is 2. The lowest BCUT2D eigenvalue weighted by Crippen LogP contribution is -2.23. The number of anilines is 1. The van der Waals surface area contributed by atoms with Crippen LogP contribution in [-0.2, 0) is 17.6 Å². The molecule has 1 amide bonds. The summed E-state index contributed by atoms with van der Waals surface area (Å²) in [5.41, 5.74) is 9.28. The molecule has 0 bridgehead atoms. The lowest BCUT2D eigenvalue weighted by molar-refractivity contribution is -0.116. The molecule has 0 radical (unpaired) electrons. The lowest BCUT2D eigenvalue weighted by Gasteiger charge is -2.20. The molecule has 1 heterocycles. The molecule has 1 unspecified atom stereocenters. The van der Waals surface area contributed by atoms with E-state index in [2.05, 4.69) is 11.4 Å². The van der Waals surface area contributed by atoms with E-state index in [9.17, 15) is 4.79 Å². The van der Waals surface area contributed by atoms with Crippen molar-refractivity contribution in [2.75, 3.05) is 5.32 Å². The van der Waals surface area contributed by atoms with Crippen LogP contribution in [0.1, 0.15) is 24.5 Å². The molecule has 1 aromatic carbocycles. The van der Waals surface area contributed by atoms with Crippen molar-refractivity contribution < 1.29 is 4.79 Å². The lowest BCUT2D eigenvalue weighted by atomic mass is 9.94. The fraction of sp³-hybridized carbons (Fsp3) is 0.417. The highest BCUT2D eigenvalue weighted by Crippen LogP contribution is 2.26. The van der Waals surface area contributed by atoms with Crippen LogP contribution in [-0.4, -0.2) is 11.9 Å². The van der Waals surface area contributed by atoms with Gasteiger partial charge in [0.1, 0.15) is 0 Å². The average Bonchev–Trinajstić information content (AvgIpc) is 2.16. The van der Waals surface area contributed by atoms with Crippen LogP contribution in [0.3, 0.4) is 0 Å². The molecule has 0 aromatic heterocycles. The monoisotopic (exact) mass is 204 g/mol. The van der Waals surface area contributed by atoms with Gasteiger partial charge in [0.05, 0.1) is 0 Å². The summed E-state index contributed by atoms with van der Waals surface area (Å²) in [6.07, 6.45) is 2.30. The predicted molar refractivity (Wildman–Crippen MR) is 60.7 cm³/mol. The molecule has 1 aromatic rings. The van der Waals surface area contributed by atoms with Gasteiger partial charge in [-0.3, -0.25) is 4.79 Å². The van der Waals surface area contributed by atoms with Gasteiger partial charge in [-0.2, -0.15) is 0 Å².